The van der Waals surface area contributed by atoms with Gasteiger partial charge in [-0.1, -0.05) is 43.7 Å². The standard InChI is InChI=1S/C29H34N6O4/c1-15(2)25(26(37)28-34-33-24(39-28)13-20-9-7-8-16(3)10-20)32-23(36)14-35-22-12-18(5)17(4)11-21(22)19(6)31-27(30)29(35)38/h7-12,15,25,27H,13-14,30H2,1-6H3,(H,32,36). The molecule has 0 saturated heterocycles. The Morgan fingerprint density at radius 1 is 1.08 bits per heavy atom. The first kappa shape index (κ1) is 27.8. The van der Waals surface area contributed by atoms with Crippen LogP contribution in [0.4, 0.5) is 5.69 Å². The Morgan fingerprint density at radius 3 is 2.49 bits per heavy atom. The third-order valence-corrected chi connectivity index (χ3v) is 6.83. The molecular formula is C29H34N6O4. The van der Waals surface area contributed by atoms with E-state index in [0.717, 1.165) is 27.8 Å². The second kappa shape index (κ2) is 11.3. The van der Waals surface area contributed by atoms with Crippen LogP contribution in [0.5, 0.6) is 0 Å². The summed E-state index contributed by atoms with van der Waals surface area (Å²) in [4.78, 5) is 45.3. The fraction of sp³-hybridized carbons (Fsp3) is 0.379. The number of carbonyl (C=O) groups excluding carboxylic acids is 3. The van der Waals surface area contributed by atoms with Crippen molar-refractivity contribution < 1.29 is 18.8 Å². The van der Waals surface area contributed by atoms with Gasteiger partial charge in [-0.15, -0.1) is 10.2 Å². The van der Waals surface area contributed by atoms with Crippen molar-refractivity contribution >= 4 is 29.0 Å². The molecule has 3 N–H and O–H groups in total. The van der Waals surface area contributed by atoms with E-state index in [1.165, 1.54) is 4.90 Å². The molecule has 39 heavy (non-hydrogen) atoms. The van der Waals surface area contributed by atoms with Crippen molar-refractivity contribution in [1.82, 2.24) is 15.5 Å². The topological polar surface area (TPSA) is 144 Å². The molecule has 0 bridgehead atoms. The van der Waals surface area contributed by atoms with Gasteiger partial charge in [-0.3, -0.25) is 24.3 Å². The van der Waals surface area contributed by atoms with E-state index in [1.807, 2.05) is 57.2 Å². The average Bonchev–Trinajstić information content (AvgIpc) is 3.31. The Kier molecular flexibility index (Phi) is 8.06. The summed E-state index contributed by atoms with van der Waals surface area (Å²) in [7, 11) is 0. The van der Waals surface area contributed by atoms with E-state index in [0.29, 0.717) is 23.7 Å². The highest BCUT2D eigenvalue weighted by Crippen LogP contribution is 2.28. The van der Waals surface area contributed by atoms with Crippen LogP contribution < -0.4 is 16.0 Å². The van der Waals surface area contributed by atoms with Gasteiger partial charge in [-0.25, -0.2) is 0 Å². The number of Topliss-reactive ketones (excluding diaryl/α,β-unsaturated/α-hetero) is 1. The summed E-state index contributed by atoms with van der Waals surface area (Å²) in [5, 5.41) is 10.7. The molecule has 2 amide bonds. The minimum absolute atomic E-state index is 0.176. The lowest BCUT2D eigenvalue weighted by Crippen LogP contribution is -2.51. The summed E-state index contributed by atoms with van der Waals surface area (Å²) < 4.78 is 5.66. The van der Waals surface area contributed by atoms with Crippen molar-refractivity contribution in [3.8, 4) is 0 Å². The van der Waals surface area contributed by atoms with Crippen molar-refractivity contribution in [2.45, 2.75) is 60.2 Å². The number of hydrogen-bond acceptors (Lipinski definition) is 8. The van der Waals surface area contributed by atoms with Gasteiger partial charge in [-0.05, 0) is 62.4 Å². The first-order valence-corrected chi connectivity index (χ1v) is 12.9. The van der Waals surface area contributed by atoms with Crippen LogP contribution in [-0.2, 0) is 16.0 Å². The van der Waals surface area contributed by atoms with Gasteiger partial charge in [-0.2, -0.15) is 0 Å². The lowest BCUT2D eigenvalue weighted by Gasteiger charge is -2.26. The second-order valence-electron chi connectivity index (χ2n) is 10.4. The monoisotopic (exact) mass is 530 g/mol. The van der Waals surface area contributed by atoms with E-state index in [1.54, 1.807) is 20.8 Å². The molecular weight excluding hydrogens is 496 g/mol. The number of benzodiazepines with no additional fused rings is 1. The van der Waals surface area contributed by atoms with E-state index in [2.05, 4.69) is 20.5 Å². The van der Waals surface area contributed by atoms with Gasteiger partial charge in [0.15, 0.2) is 6.17 Å². The molecule has 1 aliphatic rings. The Morgan fingerprint density at radius 2 is 1.79 bits per heavy atom. The maximum atomic E-state index is 13.3. The summed E-state index contributed by atoms with van der Waals surface area (Å²) in [6, 6.07) is 10.7. The van der Waals surface area contributed by atoms with Gasteiger partial charge >= 0.3 is 0 Å². The third kappa shape index (κ3) is 6.12. The summed E-state index contributed by atoms with van der Waals surface area (Å²) in [5.41, 5.74) is 12.0. The number of nitrogens with two attached hydrogens (primary N) is 1. The highest BCUT2D eigenvalue weighted by Gasteiger charge is 2.33. The number of amides is 2. The number of aryl methyl sites for hydroxylation is 3. The predicted molar refractivity (Wildman–Crippen MR) is 148 cm³/mol. The Hall–Kier alpha value is -4.18. The molecule has 2 heterocycles. The van der Waals surface area contributed by atoms with Gasteiger partial charge in [0, 0.05) is 11.3 Å². The number of fused-ring (bicyclic) bond motifs is 1. The zero-order valence-electron chi connectivity index (χ0n) is 23.1. The van der Waals surface area contributed by atoms with Crippen molar-refractivity contribution in [2.75, 3.05) is 11.4 Å². The lowest BCUT2D eigenvalue weighted by molar-refractivity contribution is -0.124. The largest absolute Gasteiger partial charge is 0.418 e. The zero-order valence-corrected chi connectivity index (χ0v) is 23.1. The normalized spacial score (nSPS) is 16.0. The molecule has 2 atom stereocenters. The van der Waals surface area contributed by atoms with Gasteiger partial charge in [0.2, 0.25) is 17.6 Å². The summed E-state index contributed by atoms with van der Waals surface area (Å²) >= 11 is 0. The van der Waals surface area contributed by atoms with E-state index in [-0.39, 0.29) is 18.4 Å². The van der Waals surface area contributed by atoms with Crippen molar-refractivity contribution in [3.63, 3.8) is 0 Å². The molecule has 0 saturated carbocycles. The van der Waals surface area contributed by atoms with Crippen LogP contribution in [0.2, 0.25) is 0 Å². The smallest absolute Gasteiger partial charge is 0.286 e. The van der Waals surface area contributed by atoms with Gasteiger partial charge < -0.3 is 15.5 Å². The Bertz CT molecular complexity index is 1460. The maximum absolute atomic E-state index is 13.3. The minimum atomic E-state index is -1.14. The Labute approximate surface area is 227 Å². The molecule has 2 aromatic carbocycles. The van der Waals surface area contributed by atoms with Crippen LogP contribution in [0.3, 0.4) is 0 Å². The molecule has 10 nitrogen and oxygen atoms in total. The van der Waals surface area contributed by atoms with E-state index in [9.17, 15) is 14.4 Å². The highest BCUT2D eigenvalue weighted by molar-refractivity contribution is 6.13. The van der Waals surface area contributed by atoms with Crippen LogP contribution in [0.15, 0.2) is 45.8 Å². The summed E-state index contributed by atoms with van der Waals surface area (Å²) in [6.45, 7) is 11.0. The molecule has 0 aliphatic carbocycles. The number of benzene rings is 2. The maximum Gasteiger partial charge on any atom is 0.286 e. The third-order valence-electron chi connectivity index (χ3n) is 6.83. The lowest BCUT2D eigenvalue weighted by atomic mass is 9.99. The highest BCUT2D eigenvalue weighted by atomic mass is 16.4. The molecule has 1 aliphatic heterocycles. The van der Waals surface area contributed by atoms with Gasteiger partial charge in [0.05, 0.1) is 18.2 Å². The molecule has 4 rings (SSSR count). The van der Waals surface area contributed by atoms with E-state index < -0.39 is 29.8 Å². The first-order valence-electron chi connectivity index (χ1n) is 12.9. The molecule has 10 heteroatoms. The van der Waals surface area contributed by atoms with Crippen LogP contribution in [-0.4, -0.2) is 52.3 Å². The van der Waals surface area contributed by atoms with E-state index >= 15 is 0 Å². The number of carbonyl (C=O) groups is 3. The number of rotatable bonds is 8. The number of ketones is 1. The molecule has 2 unspecified atom stereocenters. The molecule has 0 fully saturated rings. The van der Waals surface area contributed by atoms with Crippen LogP contribution in [0.1, 0.15) is 65.2 Å². The summed E-state index contributed by atoms with van der Waals surface area (Å²) in [6.07, 6.45) is -0.754. The molecule has 0 spiro atoms. The molecule has 3 aromatic rings. The summed E-state index contributed by atoms with van der Waals surface area (Å²) in [5.74, 6) is -1.67. The quantitative estimate of drug-likeness (QED) is 0.426. The van der Waals surface area contributed by atoms with Crippen LogP contribution in [0.25, 0.3) is 0 Å². The van der Waals surface area contributed by atoms with Crippen molar-refractivity contribution in [1.29, 1.82) is 0 Å². The number of aromatic nitrogens is 2. The number of nitrogens with one attached hydrogen (secondary N) is 1. The average molecular weight is 531 g/mol. The van der Waals surface area contributed by atoms with E-state index in [4.69, 9.17) is 10.2 Å². The number of aliphatic imine (C=N–C) groups is 1. The molecule has 204 valence electrons. The number of hydrogen-bond donors (Lipinski definition) is 2. The minimum Gasteiger partial charge on any atom is -0.418 e. The van der Waals surface area contributed by atoms with Crippen molar-refractivity contribution in [2.24, 2.45) is 16.6 Å². The SMILES string of the molecule is CC1=NC(N)C(=O)N(CC(=O)NC(C(=O)c2nnc(Cc3cccc(C)c3)o2)C(C)C)c2cc(C)c(C)cc21. The first-order chi connectivity index (χ1) is 18.4. The Balaban J connectivity index is 1.52. The van der Waals surface area contributed by atoms with Crippen LogP contribution in [0, 0.1) is 26.7 Å². The van der Waals surface area contributed by atoms with Crippen LogP contribution >= 0.6 is 0 Å². The van der Waals surface area contributed by atoms with Crippen molar-refractivity contribution in [3.05, 3.63) is 76.0 Å². The zero-order chi connectivity index (χ0) is 28.4. The number of nitrogens with zero attached hydrogens (tertiary/aromatic N) is 4. The fourth-order valence-electron chi connectivity index (χ4n) is 4.54. The predicted octanol–water partition coefficient (Wildman–Crippen LogP) is 3.05. The van der Waals surface area contributed by atoms with Gasteiger partial charge in [0.25, 0.3) is 11.8 Å². The fourth-order valence-corrected chi connectivity index (χ4v) is 4.54. The van der Waals surface area contributed by atoms with Gasteiger partial charge in [0.1, 0.15) is 6.54 Å². The molecule has 0 radical (unpaired) electrons. The molecule has 1 aromatic heterocycles. The number of anilines is 1. The second-order valence-corrected chi connectivity index (χ2v) is 10.4.